The zero-order chi connectivity index (χ0) is 33.5. The second-order valence-electron chi connectivity index (χ2n) is 13.8. The van der Waals surface area contributed by atoms with Crippen LogP contribution in [0, 0.1) is 11.7 Å². The topological polar surface area (TPSA) is 109 Å². The molecule has 9 nitrogen and oxygen atoms in total. The first-order valence-electron chi connectivity index (χ1n) is 15.3. The number of carbonyl (C=O) groups excluding carboxylic acids is 2. The van der Waals surface area contributed by atoms with Crippen LogP contribution in [0.5, 0.6) is 0 Å². The van der Waals surface area contributed by atoms with Gasteiger partial charge in [-0.05, 0) is 64.1 Å². The molecule has 1 saturated carbocycles. The molecule has 1 fully saturated rings. The number of amides is 2. The lowest BCUT2D eigenvalue weighted by Crippen LogP contribution is -2.40. The highest BCUT2D eigenvalue weighted by atomic mass is 31.0. The summed E-state index contributed by atoms with van der Waals surface area (Å²) in [5.41, 5.74) is -1.25. The van der Waals surface area contributed by atoms with E-state index >= 15 is 4.39 Å². The second kappa shape index (κ2) is 13.0. The van der Waals surface area contributed by atoms with Crippen LogP contribution in [-0.4, -0.2) is 71.8 Å². The number of carbonyl (C=O) groups is 2. The molecule has 0 bridgehead atoms. The van der Waals surface area contributed by atoms with Crippen LogP contribution >= 0.6 is 9.24 Å². The maximum absolute atomic E-state index is 16.3. The Kier molecular flexibility index (Phi) is 10.0. The first kappa shape index (κ1) is 34.8. The van der Waals surface area contributed by atoms with Gasteiger partial charge in [0.15, 0.2) is 5.82 Å². The summed E-state index contributed by atoms with van der Waals surface area (Å²) in [6, 6.07) is 2.18. The Morgan fingerprint density at radius 2 is 1.84 bits per heavy atom. The van der Waals surface area contributed by atoms with Crippen molar-refractivity contribution in [2.45, 2.75) is 108 Å². The van der Waals surface area contributed by atoms with Gasteiger partial charge in [-0.2, -0.15) is 5.10 Å². The number of fused-ring (bicyclic) bond motifs is 1. The summed E-state index contributed by atoms with van der Waals surface area (Å²) in [5.74, 6) is -5.49. The minimum absolute atomic E-state index is 0.0370. The van der Waals surface area contributed by atoms with E-state index in [0.717, 1.165) is 0 Å². The number of aromatic nitrogens is 5. The minimum atomic E-state index is -2.80. The first-order chi connectivity index (χ1) is 20.8. The number of rotatable bonds is 11. The molecule has 14 heteroatoms. The van der Waals surface area contributed by atoms with E-state index in [2.05, 4.69) is 34.6 Å². The van der Waals surface area contributed by atoms with Crippen molar-refractivity contribution < 1.29 is 27.2 Å². The van der Waals surface area contributed by atoms with Gasteiger partial charge in [-0.15, -0.1) is 9.24 Å². The fraction of sp³-hybridized carbons (Fsp3) is 0.645. The molecule has 4 rings (SSSR count). The summed E-state index contributed by atoms with van der Waals surface area (Å²) in [7, 11) is 4.21. The van der Waals surface area contributed by atoms with E-state index < -0.39 is 52.3 Å². The van der Waals surface area contributed by atoms with Gasteiger partial charge >= 0.3 is 0 Å². The normalized spacial score (nSPS) is 17.4. The van der Waals surface area contributed by atoms with E-state index in [1.54, 1.807) is 13.1 Å². The lowest BCUT2D eigenvalue weighted by molar-refractivity contribution is -0.123. The summed E-state index contributed by atoms with van der Waals surface area (Å²) in [4.78, 5) is 40.3. The number of hydrogen-bond donors (Lipinski definition) is 2. The summed E-state index contributed by atoms with van der Waals surface area (Å²) >= 11 is 0. The minimum Gasteiger partial charge on any atom is -0.352 e. The SMILES string of the molecule is CC(C)n1ncnc1C(=O)N(C)[C@H](c1nc2c(F)c([C@H](CC(C)(C)P)C(=O)NCC(C)(C)F)ccc2[nH]1)C1CCC(F)(F)CC1. The van der Waals surface area contributed by atoms with Crippen molar-refractivity contribution in [3.8, 4) is 0 Å². The fourth-order valence-corrected chi connectivity index (χ4v) is 6.18. The largest absolute Gasteiger partial charge is 0.352 e. The quantitative estimate of drug-likeness (QED) is 0.181. The molecule has 1 aliphatic carbocycles. The van der Waals surface area contributed by atoms with E-state index in [4.69, 9.17) is 0 Å². The van der Waals surface area contributed by atoms with Crippen LogP contribution in [-0.2, 0) is 4.79 Å². The summed E-state index contributed by atoms with van der Waals surface area (Å²) < 4.78 is 60.4. The average Bonchev–Trinajstić information content (AvgIpc) is 3.59. The zero-order valence-electron chi connectivity index (χ0n) is 26.9. The number of imidazole rings is 1. The number of aromatic amines is 1. The highest BCUT2D eigenvalue weighted by molar-refractivity contribution is 7.18. The van der Waals surface area contributed by atoms with E-state index in [-0.39, 0.29) is 67.4 Å². The van der Waals surface area contributed by atoms with E-state index in [9.17, 15) is 22.8 Å². The van der Waals surface area contributed by atoms with E-state index in [0.29, 0.717) is 5.52 Å². The van der Waals surface area contributed by atoms with Crippen LogP contribution in [0.2, 0.25) is 0 Å². The molecular weight excluding hydrogens is 609 g/mol. The molecule has 1 aromatic carbocycles. The maximum atomic E-state index is 16.3. The summed E-state index contributed by atoms with van der Waals surface area (Å²) in [5, 5.41) is 6.32. The van der Waals surface area contributed by atoms with Gasteiger partial charge in [0.2, 0.25) is 17.7 Å². The van der Waals surface area contributed by atoms with Gasteiger partial charge in [0.25, 0.3) is 5.91 Å². The van der Waals surface area contributed by atoms with Gasteiger partial charge in [-0.25, -0.2) is 32.2 Å². The van der Waals surface area contributed by atoms with E-state index in [1.165, 1.54) is 35.8 Å². The van der Waals surface area contributed by atoms with Gasteiger partial charge in [0, 0.05) is 31.5 Å². The molecule has 248 valence electrons. The molecule has 2 aromatic heterocycles. The number of hydrogen-bond acceptors (Lipinski definition) is 5. The molecule has 2 N–H and O–H groups in total. The van der Waals surface area contributed by atoms with Gasteiger partial charge in [-0.3, -0.25) is 9.59 Å². The number of alkyl halides is 3. The average molecular weight is 654 g/mol. The molecule has 0 radical (unpaired) electrons. The lowest BCUT2D eigenvalue weighted by atomic mass is 9.81. The first-order valence-corrected chi connectivity index (χ1v) is 15.8. The Morgan fingerprint density at radius 1 is 1.20 bits per heavy atom. The Bertz CT molecular complexity index is 1520. The van der Waals surface area contributed by atoms with Gasteiger partial charge < -0.3 is 15.2 Å². The Balaban J connectivity index is 1.76. The Morgan fingerprint density at radius 3 is 2.42 bits per heavy atom. The molecule has 0 saturated heterocycles. The smallest absolute Gasteiger partial charge is 0.291 e. The van der Waals surface area contributed by atoms with Crippen LogP contribution in [0.3, 0.4) is 0 Å². The Labute approximate surface area is 263 Å². The molecule has 0 spiro atoms. The monoisotopic (exact) mass is 653 g/mol. The number of H-pyrrole nitrogens is 1. The van der Waals surface area contributed by atoms with Crippen LogP contribution in [0.1, 0.15) is 114 Å². The molecule has 1 unspecified atom stereocenters. The molecular formula is C31H44F4N7O2P. The predicted molar refractivity (Wildman–Crippen MR) is 168 cm³/mol. The molecule has 1 aliphatic rings. The van der Waals surface area contributed by atoms with Crippen molar-refractivity contribution in [2.75, 3.05) is 13.6 Å². The second-order valence-corrected chi connectivity index (χ2v) is 15.4. The number of nitrogens with zero attached hydrogens (tertiary/aromatic N) is 5. The summed E-state index contributed by atoms with van der Waals surface area (Å²) in [6.45, 7) is 9.96. The van der Waals surface area contributed by atoms with E-state index in [1.807, 2.05) is 27.7 Å². The van der Waals surface area contributed by atoms with Crippen LogP contribution in [0.15, 0.2) is 18.5 Å². The lowest BCUT2D eigenvalue weighted by Gasteiger charge is -2.37. The van der Waals surface area contributed by atoms with Crippen molar-refractivity contribution in [2.24, 2.45) is 5.92 Å². The summed E-state index contributed by atoms with van der Waals surface area (Å²) in [6.07, 6.45) is 1.12. The highest BCUT2D eigenvalue weighted by Crippen LogP contribution is 2.44. The third-order valence-corrected chi connectivity index (χ3v) is 8.46. The fourth-order valence-electron chi connectivity index (χ4n) is 5.94. The highest BCUT2D eigenvalue weighted by Gasteiger charge is 2.42. The molecule has 3 aromatic rings. The molecule has 45 heavy (non-hydrogen) atoms. The third kappa shape index (κ3) is 8.20. The van der Waals surface area contributed by atoms with Crippen molar-refractivity contribution in [1.82, 2.24) is 34.9 Å². The maximum Gasteiger partial charge on any atom is 0.291 e. The molecule has 2 heterocycles. The third-order valence-electron chi connectivity index (χ3n) is 8.23. The van der Waals surface area contributed by atoms with Gasteiger partial charge in [-0.1, -0.05) is 19.9 Å². The zero-order valence-corrected chi connectivity index (χ0v) is 28.1. The number of benzene rings is 1. The van der Waals surface area contributed by atoms with Crippen molar-refractivity contribution in [3.63, 3.8) is 0 Å². The number of halogens is 4. The molecule has 0 aliphatic heterocycles. The number of nitrogens with one attached hydrogen (secondary N) is 2. The Hall–Kier alpha value is -3.08. The van der Waals surface area contributed by atoms with Crippen LogP contribution in [0.4, 0.5) is 17.6 Å². The predicted octanol–water partition coefficient (Wildman–Crippen LogP) is 6.50. The van der Waals surface area contributed by atoms with Crippen molar-refractivity contribution >= 4 is 32.1 Å². The van der Waals surface area contributed by atoms with Crippen molar-refractivity contribution in [1.29, 1.82) is 0 Å². The van der Waals surface area contributed by atoms with Gasteiger partial charge in [0.1, 0.15) is 23.3 Å². The van der Waals surface area contributed by atoms with Crippen LogP contribution < -0.4 is 5.32 Å². The molecule has 2 amide bonds. The molecule has 3 atom stereocenters. The standard InChI is InChI=1S/C31H44F4N7O2P/c1-17(2)42-26(37-16-38-42)28(44)41(7)24(18-10-12-31(34,35)13-11-18)25-39-21-9-8-19(22(32)23(21)40-25)20(14-30(5,6)45)27(43)36-15-29(3,4)33/h8-9,16-18,20,24H,10-15,45H2,1-7H3,(H,36,43)(H,39,40)/t20-,24-/m0/s1. The van der Waals surface area contributed by atoms with Crippen molar-refractivity contribution in [3.05, 3.63) is 41.5 Å². The van der Waals surface area contributed by atoms with Gasteiger partial charge in [0.05, 0.1) is 24.0 Å². The van der Waals surface area contributed by atoms with Crippen LogP contribution in [0.25, 0.3) is 11.0 Å².